The molecule has 4 nitrogen and oxygen atoms in total. The largest absolute Gasteiger partial charge is 0.493 e. The summed E-state index contributed by atoms with van der Waals surface area (Å²) in [5.41, 5.74) is 0. The summed E-state index contributed by atoms with van der Waals surface area (Å²) in [6.07, 6.45) is 2.82. The van der Waals surface area contributed by atoms with Crippen molar-refractivity contribution in [3.05, 3.63) is 52.9 Å². The highest BCUT2D eigenvalue weighted by atomic mass is 79.9. The fourth-order valence-electron chi connectivity index (χ4n) is 1.41. The molecule has 0 aliphatic heterocycles. The first kappa shape index (κ1) is 13.4. The monoisotopic (exact) mass is 322 g/mol. The van der Waals surface area contributed by atoms with Crippen molar-refractivity contribution >= 4 is 28.0 Å². The summed E-state index contributed by atoms with van der Waals surface area (Å²) in [5.74, 6) is 0.936. The molecule has 5 heteroatoms. The Kier molecular flexibility index (Phi) is 4.41. The molecule has 0 aliphatic carbocycles. The van der Waals surface area contributed by atoms with Gasteiger partial charge in [-0.1, -0.05) is 12.1 Å². The van der Waals surface area contributed by atoms with E-state index in [0.29, 0.717) is 21.9 Å². The maximum atomic E-state index is 11.6. The molecule has 19 heavy (non-hydrogen) atoms. The maximum absolute atomic E-state index is 11.6. The molecule has 1 heterocycles. The SMILES string of the molecule is COc1ccccc1OC(=O)C=Cc1ccc(Br)o1. The third-order valence-corrected chi connectivity index (χ3v) is 2.68. The van der Waals surface area contributed by atoms with Crippen LogP contribution in [0.25, 0.3) is 6.08 Å². The van der Waals surface area contributed by atoms with E-state index in [1.165, 1.54) is 19.3 Å². The van der Waals surface area contributed by atoms with Gasteiger partial charge in [-0.25, -0.2) is 4.79 Å². The van der Waals surface area contributed by atoms with Crippen LogP contribution in [-0.4, -0.2) is 13.1 Å². The van der Waals surface area contributed by atoms with Crippen LogP contribution < -0.4 is 9.47 Å². The van der Waals surface area contributed by atoms with E-state index in [4.69, 9.17) is 13.9 Å². The van der Waals surface area contributed by atoms with Crippen LogP contribution in [0.3, 0.4) is 0 Å². The molecule has 0 unspecified atom stereocenters. The Labute approximate surface area is 118 Å². The van der Waals surface area contributed by atoms with E-state index >= 15 is 0 Å². The Morgan fingerprint density at radius 3 is 2.58 bits per heavy atom. The summed E-state index contributed by atoms with van der Waals surface area (Å²) in [7, 11) is 1.52. The van der Waals surface area contributed by atoms with Crippen LogP contribution in [0.4, 0.5) is 0 Å². The fraction of sp³-hybridized carbons (Fsp3) is 0.0714. The van der Waals surface area contributed by atoms with E-state index in [0.717, 1.165) is 0 Å². The Morgan fingerprint density at radius 2 is 1.95 bits per heavy atom. The van der Waals surface area contributed by atoms with Crippen molar-refractivity contribution in [2.75, 3.05) is 7.11 Å². The van der Waals surface area contributed by atoms with E-state index in [9.17, 15) is 4.79 Å². The molecule has 0 saturated heterocycles. The molecule has 1 aromatic heterocycles. The van der Waals surface area contributed by atoms with Crippen LogP contribution in [0.1, 0.15) is 5.76 Å². The lowest BCUT2D eigenvalue weighted by Crippen LogP contribution is -2.04. The second-order valence-electron chi connectivity index (χ2n) is 3.55. The average Bonchev–Trinajstić information content (AvgIpc) is 2.83. The normalized spacial score (nSPS) is 10.6. The molecule has 0 radical (unpaired) electrons. The lowest BCUT2D eigenvalue weighted by Gasteiger charge is -2.06. The van der Waals surface area contributed by atoms with Crippen molar-refractivity contribution in [3.63, 3.8) is 0 Å². The predicted octanol–water partition coefficient (Wildman–Crippen LogP) is 3.67. The number of ether oxygens (including phenoxy) is 2. The van der Waals surface area contributed by atoms with Gasteiger partial charge in [-0.2, -0.15) is 0 Å². The van der Waals surface area contributed by atoms with Crippen molar-refractivity contribution < 1.29 is 18.7 Å². The molecule has 0 aliphatic rings. The molecule has 0 atom stereocenters. The highest BCUT2D eigenvalue weighted by Gasteiger charge is 2.06. The number of benzene rings is 1. The molecule has 0 N–H and O–H groups in total. The summed E-state index contributed by atoms with van der Waals surface area (Å²) in [6, 6.07) is 10.4. The third kappa shape index (κ3) is 3.72. The summed E-state index contributed by atoms with van der Waals surface area (Å²) in [5, 5.41) is 0. The predicted molar refractivity (Wildman–Crippen MR) is 74.1 cm³/mol. The van der Waals surface area contributed by atoms with Crippen molar-refractivity contribution in [1.29, 1.82) is 0 Å². The molecular formula is C14H11BrO4. The highest BCUT2D eigenvalue weighted by Crippen LogP contribution is 2.26. The van der Waals surface area contributed by atoms with E-state index in [-0.39, 0.29) is 0 Å². The van der Waals surface area contributed by atoms with E-state index in [2.05, 4.69) is 15.9 Å². The van der Waals surface area contributed by atoms with Gasteiger partial charge in [0.1, 0.15) is 5.76 Å². The van der Waals surface area contributed by atoms with Crippen LogP contribution in [-0.2, 0) is 4.79 Å². The first-order chi connectivity index (χ1) is 9.19. The Bertz CT molecular complexity index is 601. The first-order valence-corrected chi connectivity index (χ1v) is 6.26. The molecule has 1 aromatic carbocycles. The number of hydrogen-bond acceptors (Lipinski definition) is 4. The Morgan fingerprint density at radius 1 is 1.21 bits per heavy atom. The highest BCUT2D eigenvalue weighted by molar-refractivity contribution is 9.10. The van der Waals surface area contributed by atoms with Gasteiger partial charge < -0.3 is 13.9 Å². The summed E-state index contributed by atoms with van der Waals surface area (Å²) in [4.78, 5) is 11.6. The standard InChI is InChI=1S/C14H11BrO4/c1-17-11-4-2-3-5-12(11)19-14(16)9-7-10-6-8-13(15)18-10/h2-9H,1H3. The molecule has 0 bridgehead atoms. The zero-order valence-electron chi connectivity index (χ0n) is 10.1. The number of rotatable bonds is 4. The minimum atomic E-state index is -0.503. The molecule has 0 fully saturated rings. The second-order valence-corrected chi connectivity index (χ2v) is 4.33. The van der Waals surface area contributed by atoms with E-state index < -0.39 is 5.97 Å². The van der Waals surface area contributed by atoms with Crippen molar-refractivity contribution in [3.8, 4) is 11.5 Å². The molecule has 0 spiro atoms. The van der Waals surface area contributed by atoms with Gasteiger partial charge in [-0.05, 0) is 46.3 Å². The van der Waals surface area contributed by atoms with Crippen LogP contribution in [0, 0.1) is 0 Å². The van der Waals surface area contributed by atoms with Gasteiger partial charge >= 0.3 is 5.97 Å². The van der Waals surface area contributed by atoms with Crippen LogP contribution in [0.2, 0.25) is 0 Å². The number of carbonyl (C=O) groups excluding carboxylic acids is 1. The van der Waals surface area contributed by atoms with E-state index in [1.807, 2.05) is 0 Å². The lowest BCUT2D eigenvalue weighted by molar-refractivity contribution is -0.129. The fourth-order valence-corrected chi connectivity index (χ4v) is 1.73. The summed E-state index contributed by atoms with van der Waals surface area (Å²) in [6.45, 7) is 0. The maximum Gasteiger partial charge on any atom is 0.336 e. The first-order valence-electron chi connectivity index (χ1n) is 5.47. The lowest BCUT2D eigenvalue weighted by atomic mass is 10.3. The second kappa shape index (κ2) is 6.24. The van der Waals surface area contributed by atoms with Crippen molar-refractivity contribution in [2.45, 2.75) is 0 Å². The molecule has 2 aromatic rings. The average molecular weight is 323 g/mol. The zero-order valence-corrected chi connectivity index (χ0v) is 11.7. The number of esters is 1. The van der Waals surface area contributed by atoms with Gasteiger partial charge in [0.2, 0.25) is 0 Å². The molecule has 98 valence electrons. The number of furan rings is 1. The van der Waals surface area contributed by atoms with Gasteiger partial charge in [0.15, 0.2) is 16.2 Å². The van der Waals surface area contributed by atoms with Gasteiger partial charge in [-0.3, -0.25) is 0 Å². The third-order valence-electron chi connectivity index (χ3n) is 2.26. The van der Waals surface area contributed by atoms with Crippen LogP contribution in [0.15, 0.2) is 51.6 Å². The molecule has 2 rings (SSSR count). The quantitative estimate of drug-likeness (QED) is 0.489. The summed E-state index contributed by atoms with van der Waals surface area (Å²) < 4.78 is 16.1. The smallest absolute Gasteiger partial charge is 0.336 e. The number of hydrogen-bond donors (Lipinski definition) is 0. The van der Waals surface area contributed by atoms with Gasteiger partial charge in [0.05, 0.1) is 7.11 Å². The Hall–Kier alpha value is -2.01. The van der Waals surface area contributed by atoms with E-state index in [1.54, 1.807) is 36.4 Å². The topological polar surface area (TPSA) is 48.7 Å². The van der Waals surface area contributed by atoms with Crippen LogP contribution in [0.5, 0.6) is 11.5 Å². The molecule has 0 amide bonds. The molecular weight excluding hydrogens is 312 g/mol. The molecule has 0 saturated carbocycles. The number of methoxy groups -OCH3 is 1. The van der Waals surface area contributed by atoms with Crippen LogP contribution >= 0.6 is 15.9 Å². The van der Waals surface area contributed by atoms with Gasteiger partial charge in [-0.15, -0.1) is 0 Å². The number of para-hydroxylation sites is 2. The minimum Gasteiger partial charge on any atom is -0.493 e. The van der Waals surface area contributed by atoms with Crippen molar-refractivity contribution in [1.82, 2.24) is 0 Å². The Balaban J connectivity index is 2.03. The van der Waals surface area contributed by atoms with Gasteiger partial charge in [0.25, 0.3) is 0 Å². The number of carbonyl (C=O) groups is 1. The zero-order chi connectivity index (χ0) is 13.7. The minimum absolute atomic E-state index is 0.375. The number of halogens is 1. The summed E-state index contributed by atoms with van der Waals surface area (Å²) >= 11 is 3.18. The van der Waals surface area contributed by atoms with Crippen molar-refractivity contribution in [2.24, 2.45) is 0 Å². The van der Waals surface area contributed by atoms with Gasteiger partial charge in [0, 0.05) is 6.08 Å².